The molecule has 5 heteroatoms. The molecule has 0 aromatic heterocycles. The fourth-order valence-electron chi connectivity index (χ4n) is 1.27. The Labute approximate surface area is 113 Å². The smallest absolute Gasteiger partial charge is 0.169 e. The van der Waals surface area contributed by atoms with Crippen molar-refractivity contribution in [1.29, 1.82) is 0 Å². The molecule has 0 saturated heterocycles. The standard InChI is InChI=1S/C12H7Cl3O2/c13-7-5-8(14)12(15)11(6-7)17-10-4-2-1-3-9(10)16/h1-6,16H. The molecule has 0 heterocycles. The highest BCUT2D eigenvalue weighted by molar-refractivity contribution is 6.44. The van der Waals surface area contributed by atoms with Crippen molar-refractivity contribution in [3.63, 3.8) is 0 Å². The van der Waals surface area contributed by atoms with Crippen LogP contribution in [0.5, 0.6) is 17.2 Å². The van der Waals surface area contributed by atoms with E-state index in [-0.39, 0.29) is 16.5 Å². The summed E-state index contributed by atoms with van der Waals surface area (Å²) < 4.78 is 5.45. The second-order valence-electron chi connectivity index (χ2n) is 3.27. The van der Waals surface area contributed by atoms with Crippen LogP contribution in [0.3, 0.4) is 0 Å². The van der Waals surface area contributed by atoms with E-state index in [0.717, 1.165) is 0 Å². The molecule has 0 spiro atoms. The van der Waals surface area contributed by atoms with Crippen LogP contribution in [0.2, 0.25) is 15.1 Å². The van der Waals surface area contributed by atoms with E-state index in [1.165, 1.54) is 18.2 Å². The molecule has 0 atom stereocenters. The van der Waals surface area contributed by atoms with Crippen molar-refractivity contribution in [1.82, 2.24) is 0 Å². The van der Waals surface area contributed by atoms with Gasteiger partial charge in [-0.25, -0.2) is 0 Å². The van der Waals surface area contributed by atoms with E-state index in [0.29, 0.717) is 15.8 Å². The molecule has 1 N–H and O–H groups in total. The molecule has 0 unspecified atom stereocenters. The Bertz CT molecular complexity index is 555. The Hall–Kier alpha value is -1.09. The van der Waals surface area contributed by atoms with Gasteiger partial charge >= 0.3 is 0 Å². The molecule has 2 aromatic carbocycles. The molecule has 0 saturated carbocycles. The molecule has 0 aliphatic rings. The Morgan fingerprint density at radius 3 is 2.35 bits per heavy atom. The first-order valence-corrected chi connectivity index (χ1v) is 5.81. The second-order valence-corrected chi connectivity index (χ2v) is 4.49. The molecule has 2 nitrogen and oxygen atoms in total. The predicted octanol–water partition coefficient (Wildman–Crippen LogP) is 5.14. The van der Waals surface area contributed by atoms with Crippen LogP contribution in [-0.2, 0) is 0 Å². The average Bonchev–Trinajstić information content (AvgIpc) is 2.28. The predicted molar refractivity (Wildman–Crippen MR) is 69.7 cm³/mol. The molecule has 0 radical (unpaired) electrons. The van der Waals surface area contributed by atoms with Crippen LogP contribution in [0.25, 0.3) is 0 Å². The number of phenolic OH excluding ortho intramolecular Hbond substituents is 1. The van der Waals surface area contributed by atoms with Crippen LogP contribution in [0.4, 0.5) is 0 Å². The fraction of sp³-hybridized carbons (Fsp3) is 0. The number of ether oxygens (including phenoxy) is 1. The van der Waals surface area contributed by atoms with E-state index in [1.54, 1.807) is 18.2 Å². The van der Waals surface area contributed by atoms with Crippen LogP contribution in [0, 0.1) is 0 Å². The van der Waals surface area contributed by atoms with Gasteiger partial charge in [0.15, 0.2) is 11.5 Å². The summed E-state index contributed by atoms with van der Waals surface area (Å²) in [5.41, 5.74) is 0. The zero-order chi connectivity index (χ0) is 12.4. The van der Waals surface area contributed by atoms with E-state index in [9.17, 15) is 5.11 Å². The summed E-state index contributed by atoms with van der Waals surface area (Å²) in [6.45, 7) is 0. The Morgan fingerprint density at radius 1 is 0.941 bits per heavy atom. The minimum absolute atomic E-state index is 0.0136. The summed E-state index contributed by atoms with van der Waals surface area (Å²) in [6, 6.07) is 9.59. The van der Waals surface area contributed by atoms with Crippen molar-refractivity contribution < 1.29 is 9.84 Å². The lowest BCUT2D eigenvalue weighted by molar-refractivity contribution is 0.411. The molecule has 17 heavy (non-hydrogen) atoms. The third kappa shape index (κ3) is 2.78. The lowest BCUT2D eigenvalue weighted by Crippen LogP contribution is -1.86. The zero-order valence-corrected chi connectivity index (χ0v) is 10.7. The number of benzene rings is 2. The highest BCUT2D eigenvalue weighted by Gasteiger charge is 2.11. The number of rotatable bonds is 2. The molecular formula is C12H7Cl3O2. The van der Waals surface area contributed by atoms with E-state index in [4.69, 9.17) is 39.5 Å². The van der Waals surface area contributed by atoms with Gasteiger partial charge in [-0.2, -0.15) is 0 Å². The Balaban J connectivity index is 2.40. The van der Waals surface area contributed by atoms with Crippen LogP contribution in [-0.4, -0.2) is 5.11 Å². The number of hydrogen-bond acceptors (Lipinski definition) is 2. The molecular weight excluding hydrogens is 282 g/mol. The van der Waals surface area contributed by atoms with Gasteiger partial charge in [0.25, 0.3) is 0 Å². The molecule has 2 aromatic rings. The van der Waals surface area contributed by atoms with Crippen molar-refractivity contribution in [2.24, 2.45) is 0 Å². The van der Waals surface area contributed by atoms with Crippen LogP contribution < -0.4 is 4.74 Å². The maximum Gasteiger partial charge on any atom is 0.169 e. The molecule has 0 bridgehead atoms. The Morgan fingerprint density at radius 2 is 1.65 bits per heavy atom. The quantitative estimate of drug-likeness (QED) is 0.775. The minimum Gasteiger partial charge on any atom is -0.504 e. The highest BCUT2D eigenvalue weighted by Crippen LogP contribution is 2.39. The lowest BCUT2D eigenvalue weighted by Gasteiger charge is -2.10. The van der Waals surface area contributed by atoms with Gasteiger partial charge in [-0.3, -0.25) is 0 Å². The van der Waals surface area contributed by atoms with Crippen molar-refractivity contribution >= 4 is 34.8 Å². The van der Waals surface area contributed by atoms with Crippen molar-refractivity contribution in [2.45, 2.75) is 0 Å². The van der Waals surface area contributed by atoms with Crippen LogP contribution in [0.1, 0.15) is 0 Å². The summed E-state index contributed by atoms with van der Waals surface area (Å²) >= 11 is 17.7. The number of hydrogen-bond donors (Lipinski definition) is 1. The van der Waals surface area contributed by atoms with E-state index in [2.05, 4.69) is 0 Å². The van der Waals surface area contributed by atoms with Gasteiger partial charge in [-0.15, -0.1) is 0 Å². The second kappa shape index (κ2) is 5.05. The van der Waals surface area contributed by atoms with E-state index in [1.807, 2.05) is 0 Å². The fourth-order valence-corrected chi connectivity index (χ4v) is 1.89. The van der Waals surface area contributed by atoms with Crippen molar-refractivity contribution in [2.75, 3.05) is 0 Å². The number of aromatic hydroxyl groups is 1. The van der Waals surface area contributed by atoms with E-state index < -0.39 is 0 Å². The first kappa shape index (κ1) is 12.4. The number of halogens is 3. The summed E-state index contributed by atoms with van der Waals surface area (Å²) in [5.74, 6) is 0.595. The van der Waals surface area contributed by atoms with Gasteiger partial charge in [0, 0.05) is 11.1 Å². The summed E-state index contributed by atoms with van der Waals surface area (Å²) in [4.78, 5) is 0. The normalized spacial score (nSPS) is 10.3. The monoisotopic (exact) mass is 288 g/mol. The molecule has 88 valence electrons. The average molecular weight is 290 g/mol. The minimum atomic E-state index is 0.0136. The summed E-state index contributed by atoms with van der Waals surface area (Å²) in [6.07, 6.45) is 0. The summed E-state index contributed by atoms with van der Waals surface area (Å²) in [5, 5.41) is 10.5. The van der Waals surface area contributed by atoms with Crippen molar-refractivity contribution in [3.05, 3.63) is 51.5 Å². The van der Waals surface area contributed by atoms with Gasteiger partial charge in [0.05, 0.1) is 5.02 Å². The molecule has 0 fully saturated rings. The molecule has 0 amide bonds. The largest absolute Gasteiger partial charge is 0.504 e. The number of para-hydroxylation sites is 2. The maximum atomic E-state index is 9.57. The van der Waals surface area contributed by atoms with Crippen LogP contribution in [0.15, 0.2) is 36.4 Å². The first-order chi connectivity index (χ1) is 8.08. The van der Waals surface area contributed by atoms with Gasteiger partial charge < -0.3 is 9.84 Å². The lowest BCUT2D eigenvalue weighted by atomic mass is 10.3. The molecule has 0 aliphatic carbocycles. The van der Waals surface area contributed by atoms with Gasteiger partial charge in [-0.1, -0.05) is 46.9 Å². The third-order valence-electron chi connectivity index (χ3n) is 2.04. The summed E-state index contributed by atoms with van der Waals surface area (Å²) in [7, 11) is 0. The SMILES string of the molecule is Oc1ccccc1Oc1cc(Cl)cc(Cl)c1Cl. The Kier molecular flexibility index (Phi) is 3.67. The highest BCUT2D eigenvalue weighted by atomic mass is 35.5. The zero-order valence-electron chi connectivity index (χ0n) is 8.45. The van der Waals surface area contributed by atoms with Gasteiger partial charge in [-0.05, 0) is 18.2 Å². The topological polar surface area (TPSA) is 29.5 Å². The third-order valence-corrected chi connectivity index (χ3v) is 3.05. The van der Waals surface area contributed by atoms with Gasteiger partial charge in [0.2, 0.25) is 0 Å². The van der Waals surface area contributed by atoms with Crippen molar-refractivity contribution in [3.8, 4) is 17.2 Å². The molecule has 0 aliphatic heterocycles. The van der Waals surface area contributed by atoms with Crippen LogP contribution >= 0.6 is 34.8 Å². The first-order valence-electron chi connectivity index (χ1n) is 4.68. The maximum absolute atomic E-state index is 9.57. The number of phenols is 1. The molecule has 2 rings (SSSR count). The van der Waals surface area contributed by atoms with Gasteiger partial charge in [0.1, 0.15) is 10.8 Å². The van der Waals surface area contributed by atoms with E-state index >= 15 is 0 Å².